The molecule has 0 saturated heterocycles. The molecule has 2 aliphatic carbocycles. The quantitative estimate of drug-likeness (QED) is 0.159. The Hall–Kier alpha value is -4.20. The summed E-state index contributed by atoms with van der Waals surface area (Å²) in [5.41, 5.74) is 9.26. The Labute approximate surface area is 342 Å². The summed E-state index contributed by atoms with van der Waals surface area (Å²) in [6, 6.07) is 25.8. The van der Waals surface area contributed by atoms with Gasteiger partial charge in [0.05, 0.1) is 16.9 Å². The first-order chi connectivity index (χ1) is 26.1. The van der Waals surface area contributed by atoms with Crippen molar-refractivity contribution >= 4 is 12.9 Å². The van der Waals surface area contributed by atoms with Crippen molar-refractivity contribution in [2.75, 3.05) is 0 Å². The maximum atomic E-state index is 10.5. The zero-order chi connectivity index (χ0) is 41.9. The molecule has 0 atom stereocenters. The van der Waals surface area contributed by atoms with Gasteiger partial charge in [-0.3, -0.25) is 4.98 Å². The van der Waals surface area contributed by atoms with Crippen LogP contribution in [-0.4, -0.2) is 43.7 Å². The lowest BCUT2D eigenvalue weighted by Gasteiger charge is -2.44. The molecule has 1 radical (unpaired) electrons. The molecule has 0 aliphatic heterocycles. The minimum absolute atomic E-state index is 0.00631. The molecule has 7 rings (SSSR count). The summed E-state index contributed by atoms with van der Waals surface area (Å²) in [4.78, 5) is 20.5. The zero-order valence-corrected chi connectivity index (χ0v) is 37.2. The van der Waals surface area contributed by atoms with Crippen LogP contribution in [0.1, 0.15) is 133 Å². The van der Waals surface area contributed by atoms with E-state index in [0.29, 0.717) is 17.5 Å². The van der Waals surface area contributed by atoms with Crippen molar-refractivity contribution in [2.45, 2.75) is 144 Å². The van der Waals surface area contributed by atoms with Crippen molar-refractivity contribution in [3.8, 4) is 45.4 Å². The van der Waals surface area contributed by atoms with E-state index in [2.05, 4.69) is 119 Å². The topological polar surface area (TPSA) is 81.0 Å². The third kappa shape index (κ3) is 6.13. The Bertz CT molecular complexity index is 2260. The van der Waals surface area contributed by atoms with Gasteiger partial charge in [0.2, 0.25) is 0 Å². The van der Waals surface area contributed by atoms with Gasteiger partial charge in [0.15, 0.2) is 17.5 Å². The van der Waals surface area contributed by atoms with E-state index in [1.54, 1.807) is 21.3 Å². The van der Waals surface area contributed by atoms with E-state index in [4.69, 9.17) is 24.6 Å². The first kappa shape index (κ1) is 41.0. The van der Waals surface area contributed by atoms with E-state index in [-0.39, 0.29) is 32.5 Å². The van der Waals surface area contributed by atoms with Crippen molar-refractivity contribution < 1.29 is 9.76 Å². The van der Waals surface area contributed by atoms with Crippen LogP contribution in [0.4, 0.5) is 0 Å². The highest BCUT2D eigenvalue weighted by Gasteiger charge is 2.58. The predicted molar refractivity (Wildman–Crippen MR) is 236 cm³/mol. The number of aliphatic hydroxyl groups is 1. The molecule has 0 fully saturated rings. The van der Waals surface area contributed by atoms with E-state index < -0.39 is 11.2 Å². The number of rotatable bonds is 8. The number of benzene rings is 3. The molecule has 7 heteroatoms. The molecule has 0 unspecified atom stereocenters. The van der Waals surface area contributed by atoms with Crippen LogP contribution in [0.15, 0.2) is 79.0 Å². The van der Waals surface area contributed by atoms with Crippen LogP contribution in [0, 0.1) is 10.8 Å². The minimum Gasteiger partial charge on any atom is -0.427 e. The van der Waals surface area contributed by atoms with Gasteiger partial charge in [0, 0.05) is 28.5 Å². The summed E-state index contributed by atoms with van der Waals surface area (Å²) < 4.78 is 5.96. The number of pyridine rings is 1. The zero-order valence-electron chi connectivity index (χ0n) is 37.2. The third-order valence-corrected chi connectivity index (χ3v) is 16.3. The Morgan fingerprint density at radius 1 is 0.491 bits per heavy atom. The Morgan fingerprint density at radius 3 is 1.28 bits per heavy atom. The smallest absolute Gasteiger partial charge is 0.330 e. The van der Waals surface area contributed by atoms with Crippen LogP contribution in [-0.2, 0) is 26.3 Å². The van der Waals surface area contributed by atoms with Gasteiger partial charge in [-0.2, -0.15) is 0 Å². The van der Waals surface area contributed by atoms with Gasteiger partial charge in [-0.25, -0.2) is 15.0 Å². The van der Waals surface area contributed by atoms with Gasteiger partial charge in [-0.15, -0.1) is 0 Å². The van der Waals surface area contributed by atoms with Gasteiger partial charge in [0.1, 0.15) is 0 Å². The Kier molecular flexibility index (Phi) is 9.28. The van der Waals surface area contributed by atoms with Gasteiger partial charge in [0.25, 0.3) is 0 Å². The fourth-order valence-corrected chi connectivity index (χ4v) is 8.95. The largest absolute Gasteiger partial charge is 0.427 e. The Morgan fingerprint density at radius 2 is 0.877 bits per heavy atom. The lowest BCUT2D eigenvalue weighted by molar-refractivity contribution is -0.0893. The van der Waals surface area contributed by atoms with E-state index in [9.17, 15) is 5.11 Å². The summed E-state index contributed by atoms with van der Waals surface area (Å²) in [7, 11) is 1.70. The third-order valence-electron chi connectivity index (χ3n) is 16.3. The van der Waals surface area contributed by atoms with Crippen LogP contribution < -0.4 is 5.46 Å². The average Bonchev–Trinajstić information content (AvgIpc) is 3.33. The van der Waals surface area contributed by atoms with Crippen molar-refractivity contribution in [3.63, 3.8) is 0 Å². The van der Waals surface area contributed by atoms with Crippen molar-refractivity contribution in [1.29, 1.82) is 0 Å². The number of hydrogen-bond donors (Lipinski definition) is 1. The molecule has 0 amide bonds. The number of hydrogen-bond acceptors (Lipinski definition) is 6. The summed E-state index contributed by atoms with van der Waals surface area (Å²) >= 11 is 0. The van der Waals surface area contributed by atoms with Crippen LogP contribution >= 0.6 is 0 Å². The van der Waals surface area contributed by atoms with E-state index in [1.165, 1.54) is 22.3 Å². The molecule has 2 heterocycles. The summed E-state index contributed by atoms with van der Waals surface area (Å²) in [5, 5.41) is 10.5. The van der Waals surface area contributed by atoms with Crippen molar-refractivity contribution in [3.05, 3.63) is 101 Å². The normalized spacial score (nSPS) is 19.5. The summed E-state index contributed by atoms with van der Waals surface area (Å²) in [6.45, 7) is 35.8. The molecule has 6 nitrogen and oxygen atoms in total. The molecule has 3 aromatic carbocycles. The molecule has 1 N–H and O–H groups in total. The standard InChI is InChI=1S/C50H62BN4O2/c1-43(2)35-24-19-31(27-37(35)45(5,6)47(43,9)10)40-53-41(32-20-25-36-38(28-32)46(7,8)48(11,12)44(36,3)4)55-42(54-40)33-21-26-39(52-29-33)30-17-22-34(23-18-30)51-57-50(15,16)49(13,14)56/h17-29,56H,1-16H3. The van der Waals surface area contributed by atoms with Crippen LogP contribution in [0.5, 0.6) is 0 Å². The van der Waals surface area contributed by atoms with E-state index in [1.807, 2.05) is 56.4 Å². The fourth-order valence-electron chi connectivity index (χ4n) is 8.95. The predicted octanol–water partition coefficient (Wildman–Crippen LogP) is 10.9. The molecule has 0 spiro atoms. The summed E-state index contributed by atoms with van der Waals surface area (Å²) in [5.74, 6) is 1.90. The minimum atomic E-state index is -0.992. The molecule has 2 aliphatic rings. The van der Waals surface area contributed by atoms with Crippen molar-refractivity contribution in [2.24, 2.45) is 10.8 Å². The monoisotopic (exact) mass is 761 g/mol. The van der Waals surface area contributed by atoms with Gasteiger partial charge in [-0.1, -0.05) is 137 Å². The van der Waals surface area contributed by atoms with Crippen LogP contribution in [0.25, 0.3) is 45.4 Å². The SMILES string of the molecule is CC(C)(O)C(C)(C)O[B]c1ccc(-c2ccc(-c3nc(-c4ccc5c(c4)C(C)(C)C(C)(C)C5(C)C)nc(-c4ccc5c(c4)C(C)(C)C(C)(C)C5(C)C)n3)cn2)cc1. The molecule has 2 aromatic heterocycles. The fraction of sp³-hybridized carbons (Fsp3) is 0.480. The second kappa shape index (κ2) is 12.9. The molecule has 0 saturated carbocycles. The average molecular weight is 762 g/mol. The molecule has 297 valence electrons. The highest BCUT2D eigenvalue weighted by atomic mass is 16.5. The maximum Gasteiger partial charge on any atom is 0.330 e. The highest BCUT2D eigenvalue weighted by molar-refractivity contribution is 6.47. The first-order valence-corrected chi connectivity index (χ1v) is 20.5. The van der Waals surface area contributed by atoms with Crippen LogP contribution in [0.2, 0.25) is 0 Å². The second-order valence-electron chi connectivity index (χ2n) is 20.9. The molecule has 0 bridgehead atoms. The van der Waals surface area contributed by atoms with E-state index >= 15 is 0 Å². The Balaban J connectivity index is 1.29. The second-order valence-corrected chi connectivity index (χ2v) is 20.9. The molecule has 57 heavy (non-hydrogen) atoms. The number of fused-ring (bicyclic) bond motifs is 2. The maximum absolute atomic E-state index is 10.5. The molecule has 5 aromatic rings. The lowest BCUT2D eigenvalue weighted by Crippen LogP contribution is -2.49. The van der Waals surface area contributed by atoms with E-state index in [0.717, 1.165) is 33.4 Å². The van der Waals surface area contributed by atoms with Crippen LogP contribution in [0.3, 0.4) is 0 Å². The lowest BCUT2D eigenvalue weighted by atomic mass is 9.59. The first-order valence-electron chi connectivity index (χ1n) is 20.5. The summed E-state index contributed by atoms with van der Waals surface area (Å²) in [6.07, 6.45) is 1.86. The van der Waals surface area contributed by atoms with Crippen molar-refractivity contribution in [1.82, 2.24) is 19.9 Å². The van der Waals surface area contributed by atoms with Gasteiger partial charge < -0.3 is 9.76 Å². The molecular weight excluding hydrogens is 699 g/mol. The number of nitrogens with zero attached hydrogens (tertiary/aromatic N) is 4. The van der Waals surface area contributed by atoms with Gasteiger partial charge >= 0.3 is 7.48 Å². The number of aromatic nitrogens is 4. The highest BCUT2D eigenvalue weighted by Crippen LogP contribution is 2.63. The molecular formula is C50H62BN4O2. The van der Waals surface area contributed by atoms with Gasteiger partial charge in [-0.05, 0) is 107 Å².